The Morgan fingerprint density at radius 1 is 1.24 bits per heavy atom. The zero-order chi connectivity index (χ0) is 17.0. The molecule has 0 unspecified atom stereocenters. The molecule has 2 aromatic rings. The van der Waals surface area contributed by atoms with Gasteiger partial charge in [0.25, 0.3) is 0 Å². The summed E-state index contributed by atoms with van der Waals surface area (Å²) in [4.78, 5) is 4.17. The van der Waals surface area contributed by atoms with Crippen LogP contribution in [0.3, 0.4) is 0 Å². The van der Waals surface area contributed by atoms with E-state index in [-0.39, 0.29) is 0 Å². The van der Waals surface area contributed by atoms with Crippen molar-refractivity contribution in [1.29, 1.82) is 0 Å². The zero-order valence-electron chi connectivity index (χ0n) is 14.5. The zero-order valence-corrected chi connectivity index (χ0v) is 16.1. The molecule has 3 aliphatic rings. The molecule has 1 N–H and O–H groups in total. The fourth-order valence-corrected chi connectivity index (χ4v) is 6.15. The number of piperidine rings is 1. The molecule has 2 aromatic carbocycles. The number of hydrogen-bond acceptors (Lipinski definition) is 3. The molecule has 3 aliphatic heterocycles. The number of rotatable bonds is 1. The third-order valence-corrected chi connectivity index (χ3v) is 7.30. The van der Waals surface area contributed by atoms with E-state index in [0.29, 0.717) is 12.0 Å². The molecule has 25 heavy (non-hydrogen) atoms. The summed E-state index contributed by atoms with van der Waals surface area (Å²) in [6.07, 6.45) is 2.53. The van der Waals surface area contributed by atoms with Gasteiger partial charge in [-0.05, 0) is 67.0 Å². The summed E-state index contributed by atoms with van der Waals surface area (Å²) in [5.41, 5.74) is 6.71. The molecule has 2 atom stereocenters. The number of nitrogens with zero attached hydrogens (tertiary/aromatic N) is 1. The highest BCUT2D eigenvalue weighted by Gasteiger charge is 2.41. The quantitative estimate of drug-likeness (QED) is 0.753. The highest BCUT2D eigenvalue weighted by Crippen LogP contribution is 2.51. The Morgan fingerprint density at radius 3 is 3.04 bits per heavy atom. The smallest absolute Gasteiger partial charge is 0.0544 e. The van der Waals surface area contributed by atoms with Crippen molar-refractivity contribution in [3.05, 3.63) is 46.5 Å². The topological polar surface area (TPSA) is 15.3 Å². The predicted molar refractivity (Wildman–Crippen MR) is 108 cm³/mol. The summed E-state index contributed by atoms with van der Waals surface area (Å²) in [6, 6.07) is 11.9. The summed E-state index contributed by atoms with van der Waals surface area (Å²) in [5, 5.41) is 4.48. The number of anilines is 1. The van der Waals surface area contributed by atoms with Gasteiger partial charge in [-0.25, -0.2) is 0 Å². The van der Waals surface area contributed by atoms with Gasteiger partial charge in [-0.15, -0.1) is 11.8 Å². The van der Waals surface area contributed by atoms with Gasteiger partial charge in [0.05, 0.1) is 5.69 Å². The van der Waals surface area contributed by atoms with E-state index in [9.17, 15) is 0 Å². The van der Waals surface area contributed by atoms with Crippen molar-refractivity contribution in [2.24, 2.45) is 0 Å². The maximum atomic E-state index is 6.59. The average Bonchev–Trinajstić information content (AvgIpc) is 2.77. The van der Waals surface area contributed by atoms with E-state index in [1.54, 1.807) is 0 Å². The molecule has 0 saturated carbocycles. The first-order chi connectivity index (χ1) is 12.2. The average molecular weight is 371 g/mol. The standard InChI is InChI=1S/C21H23ClN2S/c1-13-3-4-15(18(22)9-13)14-10-16-17-12-23-6-5-19(17)24-7-2-8-25-20(11-14)21(16)24/h3-4,9-11,17,19,23H,2,5-8,12H2,1H3/t17-,19-/m0/s1. The van der Waals surface area contributed by atoms with E-state index in [1.165, 1.54) is 52.4 Å². The summed E-state index contributed by atoms with van der Waals surface area (Å²) >= 11 is 8.62. The minimum Gasteiger partial charge on any atom is -0.367 e. The second-order valence-corrected chi connectivity index (χ2v) is 9.00. The van der Waals surface area contributed by atoms with Gasteiger partial charge in [0.2, 0.25) is 0 Å². The lowest BCUT2D eigenvalue weighted by atomic mass is 9.88. The molecule has 5 rings (SSSR count). The third kappa shape index (κ3) is 2.59. The van der Waals surface area contributed by atoms with Crippen LogP contribution < -0.4 is 10.2 Å². The Morgan fingerprint density at radius 2 is 2.16 bits per heavy atom. The third-order valence-electron chi connectivity index (χ3n) is 5.87. The minimum atomic E-state index is 0.616. The molecule has 130 valence electrons. The van der Waals surface area contributed by atoms with E-state index >= 15 is 0 Å². The Kier molecular flexibility index (Phi) is 3.99. The molecule has 0 amide bonds. The first-order valence-electron chi connectivity index (χ1n) is 9.27. The van der Waals surface area contributed by atoms with Crippen LogP contribution in [0.5, 0.6) is 0 Å². The lowest BCUT2D eigenvalue weighted by molar-refractivity contribution is 0.403. The summed E-state index contributed by atoms with van der Waals surface area (Å²) < 4.78 is 0. The second kappa shape index (κ2) is 6.22. The molecule has 2 nitrogen and oxygen atoms in total. The van der Waals surface area contributed by atoms with Gasteiger partial charge in [-0.3, -0.25) is 0 Å². The maximum Gasteiger partial charge on any atom is 0.0544 e. The Balaban J connectivity index is 1.69. The summed E-state index contributed by atoms with van der Waals surface area (Å²) in [5.74, 6) is 1.83. The van der Waals surface area contributed by atoms with Gasteiger partial charge in [0.1, 0.15) is 0 Å². The van der Waals surface area contributed by atoms with E-state index in [2.05, 4.69) is 47.5 Å². The lowest BCUT2D eigenvalue weighted by Crippen LogP contribution is -2.44. The van der Waals surface area contributed by atoms with Gasteiger partial charge in [-0.1, -0.05) is 23.7 Å². The van der Waals surface area contributed by atoms with Crippen molar-refractivity contribution in [2.75, 3.05) is 30.3 Å². The fraction of sp³-hybridized carbons (Fsp3) is 0.429. The monoisotopic (exact) mass is 370 g/mol. The van der Waals surface area contributed by atoms with E-state index in [1.807, 2.05) is 11.8 Å². The van der Waals surface area contributed by atoms with Gasteiger partial charge in [0, 0.05) is 40.5 Å². The predicted octanol–water partition coefficient (Wildman–Crippen LogP) is 5.08. The Bertz CT molecular complexity index is 835. The van der Waals surface area contributed by atoms with Crippen LogP contribution in [0.15, 0.2) is 35.2 Å². The van der Waals surface area contributed by atoms with Crippen LogP contribution in [0, 0.1) is 6.92 Å². The Hall–Kier alpha value is -1.16. The van der Waals surface area contributed by atoms with Crippen LogP contribution in [0.1, 0.15) is 29.9 Å². The molecule has 3 heterocycles. The molecule has 0 radical (unpaired) electrons. The highest BCUT2D eigenvalue weighted by molar-refractivity contribution is 7.99. The largest absolute Gasteiger partial charge is 0.367 e. The van der Waals surface area contributed by atoms with Crippen molar-refractivity contribution in [3.63, 3.8) is 0 Å². The van der Waals surface area contributed by atoms with E-state index in [4.69, 9.17) is 11.6 Å². The van der Waals surface area contributed by atoms with Crippen LogP contribution in [0.4, 0.5) is 5.69 Å². The molecular weight excluding hydrogens is 348 g/mol. The van der Waals surface area contributed by atoms with Crippen molar-refractivity contribution in [3.8, 4) is 11.1 Å². The molecule has 0 aromatic heterocycles. The van der Waals surface area contributed by atoms with Crippen molar-refractivity contribution in [1.82, 2.24) is 5.32 Å². The summed E-state index contributed by atoms with van der Waals surface area (Å²) in [7, 11) is 0. The second-order valence-electron chi connectivity index (χ2n) is 7.46. The molecule has 0 aliphatic carbocycles. The van der Waals surface area contributed by atoms with Gasteiger partial charge in [0.15, 0.2) is 0 Å². The van der Waals surface area contributed by atoms with Crippen LogP contribution in [0.25, 0.3) is 11.1 Å². The minimum absolute atomic E-state index is 0.616. The summed E-state index contributed by atoms with van der Waals surface area (Å²) in [6.45, 7) is 5.55. The van der Waals surface area contributed by atoms with Gasteiger partial charge in [-0.2, -0.15) is 0 Å². The number of halogens is 1. The van der Waals surface area contributed by atoms with Crippen LogP contribution in [-0.2, 0) is 0 Å². The normalized spacial score (nSPS) is 24.6. The highest BCUT2D eigenvalue weighted by atomic mass is 35.5. The molecule has 1 saturated heterocycles. The molecule has 0 bridgehead atoms. The van der Waals surface area contributed by atoms with Crippen LogP contribution in [0.2, 0.25) is 5.02 Å². The fourth-order valence-electron chi connectivity index (χ4n) is 4.73. The SMILES string of the molecule is Cc1ccc(-c2cc3c4c(c2)[C@@H]2CNCC[C@@H]2N4CCCS3)c(Cl)c1. The molecular formula is C21H23ClN2S. The van der Waals surface area contributed by atoms with E-state index in [0.717, 1.165) is 23.7 Å². The first kappa shape index (κ1) is 16.0. The lowest BCUT2D eigenvalue weighted by Gasteiger charge is -2.33. The number of hydrogen-bond donors (Lipinski definition) is 1. The number of thioether (sulfide) groups is 1. The number of nitrogens with one attached hydrogen (secondary N) is 1. The van der Waals surface area contributed by atoms with Crippen LogP contribution >= 0.6 is 23.4 Å². The number of aryl methyl sites for hydroxylation is 1. The Labute approximate surface area is 158 Å². The number of fused-ring (bicyclic) bond motifs is 3. The maximum absolute atomic E-state index is 6.59. The first-order valence-corrected chi connectivity index (χ1v) is 10.6. The van der Waals surface area contributed by atoms with Crippen molar-refractivity contribution < 1.29 is 0 Å². The molecule has 4 heteroatoms. The number of benzene rings is 2. The molecule has 1 fully saturated rings. The van der Waals surface area contributed by atoms with Gasteiger partial charge < -0.3 is 10.2 Å². The van der Waals surface area contributed by atoms with Crippen molar-refractivity contribution >= 4 is 29.1 Å². The van der Waals surface area contributed by atoms with Crippen molar-refractivity contribution in [2.45, 2.75) is 36.6 Å². The van der Waals surface area contributed by atoms with Crippen LogP contribution in [-0.4, -0.2) is 31.4 Å². The van der Waals surface area contributed by atoms with E-state index < -0.39 is 0 Å². The van der Waals surface area contributed by atoms with Gasteiger partial charge >= 0.3 is 0 Å². The molecule has 0 spiro atoms.